The minimum absolute atomic E-state index is 0.0966. The number of amides is 1. The van der Waals surface area contributed by atoms with Gasteiger partial charge >= 0.3 is 0 Å². The highest BCUT2D eigenvalue weighted by Gasteiger charge is 2.25. The number of hydrogen-bond donors (Lipinski definition) is 1. The van der Waals surface area contributed by atoms with Crippen LogP contribution in [0.2, 0.25) is 0 Å². The normalized spacial score (nSPS) is 15.0. The number of nitrogens with zero attached hydrogens (tertiary/aromatic N) is 5. The van der Waals surface area contributed by atoms with E-state index >= 15 is 0 Å². The standard InChI is InChI=1S/C18H22N6O/c1-12-10-13(2)21-17(15(12)11-19)24-8-5-14(6-9-24)22-18(25)16-4-7-20-23(16)3/h4,7,10,14H,5-6,8-9H2,1-3H3,(H,22,25). The monoisotopic (exact) mass is 338 g/mol. The summed E-state index contributed by atoms with van der Waals surface area (Å²) in [7, 11) is 1.76. The molecular weight excluding hydrogens is 316 g/mol. The smallest absolute Gasteiger partial charge is 0.269 e. The first kappa shape index (κ1) is 17.0. The summed E-state index contributed by atoms with van der Waals surface area (Å²) < 4.78 is 1.57. The maximum absolute atomic E-state index is 12.3. The molecule has 0 aliphatic carbocycles. The lowest BCUT2D eigenvalue weighted by Crippen LogP contribution is -2.45. The molecule has 2 aromatic rings. The number of carbonyl (C=O) groups excluding carboxylic acids is 1. The molecule has 1 aliphatic rings. The Morgan fingerprint density at radius 3 is 2.68 bits per heavy atom. The summed E-state index contributed by atoms with van der Waals surface area (Å²) >= 11 is 0. The molecule has 0 spiro atoms. The highest BCUT2D eigenvalue weighted by Crippen LogP contribution is 2.25. The summed E-state index contributed by atoms with van der Waals surface area (Å²) in [5.74, 6) is 0.664. The first-order valence-corrected chi connectivity index (χ1v) is 8.41. The molecule has 1 saturated heterocycles. The van der Waals surface area contributed by atoms with Crippen LogP contribution in [0.3, 0.4) is 0 Å². The predicted octanol–water partition coefficient (Wildman–Crippen LogP) is 1.70. The van der Waals surface area contributed by atoms with Gasteiger partial charge in [0.15, 0.2) is 0 Å². The largest absolute Gasteiger partial charge is 0.355 e. The molecule has 3 rings (SSSR count). The SMILES string of the molecule is Cc1cc(C)c(C#N)c(N2CCC(NC(=O)c3ccnn3C)CC2)n1. The number of aromatic nitrogens is 3. The van der Waals surface area contributed by atoms with Crippen LogP contribution in [0.5, 0.6) is 0 Å². The molecule has 1 fully saturated rings. The van der Waals surface area contributed by atoms with Gasteiger partial charge in [0.05, 0.1) is 5.56 Å². The second kappa shape index (κ2) is 6.93. The highest BCUT2D eigenvalue weighted by molar-refractivity contribution is 5.92. The number of aryl methyl sites for hydroxylation is 3. The number of carbonyl (C=O) groups is 1. The molecule has 7 heteroatoms. The van der Waals surface area contributed by atoms with E-state index in [9.17, 15) is 10.1 Å². The van der Waals surface area contributed by atoms with Gasteiger partial charge in [-0.05, 0) is 44.4 Å². The van der Waals surface area contributed by atoms with Crippen LogP contribution in [-0.4, -0.2) is 39.8 Å². The van der Waals surface area contributed by atoms with Crippen LogP contribution in [0.15, 0.2) is 18.3 Å². The van der Waals surface area contributed by atoms with Crippen molar-refractivity contribution in [1.29, 1.82) is 5.26 Å². The molecule has 1 aliphatic heterocycles. The van der Waals surface area contributed by atoms with Crippen molar-refractivity contribution in [3.8, 4) is 6.07 Å². The van der Waals surface area contributed by atoms with E-state index in [2.05, 4.69) is 26.4 Å². The van der Waals surface area contributed by atoms with E-state index in [1.807, 2.05) is 19.9 Å². The molecular formula is C18H22N6O. The molecule has 1 amide bonds. The summed E-state index contributed by atoms with van der Waals surface area (Å²) in [6.07, 6.45) is 3.26. The van der Waals surface area contributed by atoms with Crippen LogP contribution in [0.25, 0.3) is 0 Å². The molecule has 25 heavy (non-hydrogen) atoms. The summed E-state index contributed by atoms with van der Waals surface area (Å²) in [6, 6.07) is 6.04. The summed E-state index contributed by atoms with van der Waals surface area (Å²) in [4.78, 5) is 19.0. The fourth-order valence-electron chi connectivity index (χ4n) is 3.28. The van der Waals surface area contributed by atoms with Crippen LogP contribution in [0.1, 0.15) is 40.2 Å². The number of nitriles is 1. The van der Waals surface area contributed by atoms with E-state index < -0.39 is 0 Å². The third kappa shape index (κ3) is 3.48. The topological polar surface area (TPSA) is 86.8 Å². The molecule has 0 unspecified atom stereocenters. The average molecular weight is 338 g/mol. The van der Waals surface area contributed by atoms with Gasteiger partial charge in [0.1, 0.15) is 17.6 Å². The summed E-state index contributed by atoms with van der Waals surface area (Å²) in [5.41, 5.74) is 3.07. The molecule has 0 radical (unpaired) electrons. The zero-order valence-electron chi connectivity index (χ0n) is 14.8. The van der Waals surface area contributed by atoms with Crippen molar-refractivity contribution in [2.75, 3.05) is 18.0 Å². The van der Waals surface area contributed by atoms with Gasteiger partial charge in [-0.15, -0.1) is 0 Å². The van der Waals surface area contributed by atoms with E-state index in [0.29, 0.717) is 11.3 Å². The first-order valence-electron chi connectivity index (χ1n) is 8.41. The van der Waals surface area contributed by atoms with Crippen molar-refractivity contribution < 1.29 is 4.79 Å². The quantitative estimate of drug-likeness (QED) is 0.920. The summed E-state index contributed by atoms with van der Waals surface area (Å²) in [6.45, 7) is 5.41. The van der Waals surface area contributed by atoms with Crippen LogP contribution >= 0.6 is 0 Å². The maximum atomic E-state index is 12.3. The minimum Gasteiger partial charge on any atom is -0.355 e. The molecule has 0 bridgehead atoms. The fourth-order valence-corrected chi connectivity index (χ4v) is 3.28. The van der Waals surface area contributed by atoms with Gasteiger partial charge in [-0.25, -0.2) is 4.98 Å². The fraction of sp³-hybridized carbons (Fsp3) is 0.444. The second-order valence-electron chi connectivity index (χ2n) is 6.47. The number of nitrogens with one attached hydrogen (secondary N) is 1. The third-order valence-electron chi connectivity index (χ3n) is 4.62. The van der Waals surface area contributed by atoms with E-state index in [-0.39, 0.29) is 11.9 Å². The summed E-state index contributed by atoms with van der Waals surface area (Å²) in [5, 5.41) is 16.5. The van der Waals surface area contributed by atoms with Gasteiger partial charge in [0.2, 0.25) is 0 Å². The lowest BCUT2D eigenvalue weighted by atomic mass is 10.0. The lowest BCUT2D eigenvalue weighted by molar-refractivity contribution is 0.0921. The van der Waals surface area contributed by atoms with Crippen LogP contribution in [0, 0.1) is 25.2 Å². The van der Waals surface area contributed by atoms with E-state index in [0.717, 1.165) is 43.0 Å². The Bertz CT molecular complexity index is 827. The molecule has 0 saturated carbocycles. The average Bonchev–Trinajstić information content (AvgIpc) is 3.01. The minimum atomic E-state index is -0.0966. The Balaban J connectivity index is 1.66. The molecule has 2 aromatic heterocycles. The van der Waals surface area contributed by atoms with Crippen molar-refractivity contribution >= 4 is 11.7 Å². The molecule has 3 heterocycles. The zero-order chi connectivity index (χ0) is 18.0. The van der Waals surface area contributed by atoms with Gasteiger partial charge in [-0.2, -0.15) is 10.4 Å². The van der Waals surface area contributed by atoms with Crippen LogP contribution in [0.4, 0.5) is 5.82 Å². The van der Waals surface area contributed by atoms with Gasteiger partial charge in [0, 0.05) is 38.1 Å². The van der Waals surface area contributed by atoms with Crippen molar-refractivity contribution in [3.63, 3.8) is 0 Å². The number of pyridine rings is 1. The zero-order valence-corrected chi connectivity index (χ0v) is 14.8. The van der Waals surface area contributed by atoms with Crippen LogP contribution < -0.4 is 10.2 Å². The van der Waals surface area contributed by atoms with Crippen molar-refractivity contribution in [2.24, 2.45) is 7.05 Å². The molecule has 0 atom stereocenters. The number of hydrogen-bond acceptors (Lipinski definition) is 5. The van der Waals surface area contributed by atoms with Crippen molar-refractivity contribution in [1.82, 2.24) is 20.1 Å². The van der Waals surface area contributed by atoms with Crippen molar-refractivity contribution in [3.05, 3.63) is 40.8 Å². The Hall–Kier alpha value is -2.88. The van der Waals surface area contributed by atoms with Gasteiger partial charge in [0.25, 0.3) is 5.91 Å². The number of piperidine rings is 1. The number of anilines is 1. The maximum Gasteiger partial charge on any atom is 0.269 e. The molecule has 130 valence electrons. The van der Waals surface area contributed by atoms with E-state index in [1.54, 1.807) is 24.0 Å². The van der Waals surface area contributed by atoms with Crippen LogP contribution in [-0.2, 0) is 7.05 Å². The highest BCUT2D eigenvalue weighted by atomic mass is 16.2. The second-order valence-corrected chi connectivity index (χ2v) is 6.47. The number of rotatable bonds is 3. The molecule has 7 nitrogen and oxygen atoms in total. The Labute approximate surface area is 147 Å². The van der Waals surface area contributed by atoms with Gasteiger partial charge < -0.3 is 10.2 Å². The Morgan fingerprint density at radius 1 is 1.36 bits per heavy atom. The Morgan fingerprint density at radius 2 is 2.08 bits per heavy atom. The molecule has 0 aromatic carbocycles. The van der Waals surface area contributed by atoms with E-state index in [4.69, 9.17) is 0 Å². The molecule has 1 N–H and O–H groups in total. The van der Waals surface area contributed by atoms with Gasteiger partial charge in [-0.1, -0.05) is 0 Å². The van der Waals surface area contributed by atoms with Crippen molar-refractivity contribution in [2.45, 2.75) is 32.7 Å². The third-order valence-corrected chi connectivity index (χ3v) is 4.62. The van der Waals surface area contributed by atoms with Gasteiger partial charge in [-0.3, -0.25) is 9.48 Å². The first-order chi connectivity index (χ1) is 12.0. The van der Waals surface area contributed by atoms with E-state index in [1.165, 1.54) is 0 Å². The Kier molecular flexibility index (Phi) is 4.70. The predicted molar refractivity (Wildman–Crippen MR) is 94.3 cm³/mol. The lowest BCUT2D eigenvalue weighted by Gasteiger charge is -2.34.